The fourth-order valence-corrected chi connectivity index (χ4v) is 4.42. The molecule has 0 bridgehead atoms. The van der Waals surface area contributed by atoms with Gasteiger partial charge >= 0.3 is 0 Å². The van der Waals surface area contributed by atoms with Crippen LogP contribution in [-0.4, -0.2) is 27.9 Å². The summed E-state index contributed by atoms with van der Waals surface area (Å²) >= 11 is 7.05. The highest BCUT2D eigenvalue weighted by molar-refractivity contribution is 7.99. The number of thiocarbonyl (C=S) groups is 1. The van der Waals surface area contributed by atoms with Crippen molar-refractivity contribution in [2.45, 2.75) is 56.7 Å². The van der Waals surface area contributed by atoms with Crippen molar-refractivity contribution in [1.82, 2.24) is 5.32 Å². The highest BCUT2D eigenvalue weighted by Gasteiger charge is 2.48. The van der Waals surface area contributed by atoms with Crippen LogP contribution in [-0.2, 0) is 4.79 Å². The van der Waals surface area contributed by atoms with Crippen LogP contribution < -0.4 is 11.1 Å². The van der Waals surface area contributed by atoms with Gasteiger partial charge in [-0.1, -0.05) is 32.0 Å². The molecule has 2 fully saturated rings. The number of amides is 1. The van der Waals surface area contributed by atoms with Gasteiger partial charge in [0.1, 0.15) is 0 Å². The Balaban J connectivity index is 1.96. The van der Waals surface area contributed by atoms with Gasteiger partial charge in [0, 0.05) is 11.3 Å². The molecule has 0 spiro atoms. The van der Waals surface area contributed by atoms with Crippen molar-refractivity contribution in [3.8, 4) is 0 Å². The monoisotopic (exact) mass is 286 g/mol. The number of nitrogens with one attached hydrogen (secondary N) is 1. The SMILES string of the molecule is CCSC1CCCC1NC(=O)C1(C(N)=S)CCC1. The Morgan fingerprint density at radius 2 is 2.17 bits per heavy atom. The first-order chi connectivity index (χ1) is 8.60. The van der Waals surface area contributed by atoms with Crippen molar-refractivity contribution < 1.29 is 4.79 Å². The summed E-state index contributed by atoms with van der Waals surface area (Å²) < 4.78 is 0. The molecule has 3 nitrogen and oxygen atoms in total. The van der Waals surface area contributed by atoms with Crippen LogP contribution >= 0.6 is 24.0 Å². The van der Waals surface area contributed by atoms with E-state index in [9.17, 15) is 4.79 Å². The Hall–Kier alpha value is -0.290. The third-order valence-corrected chi connectivity index (χ3v) is 5.98. The summed E-state index contributed by atoms with van der Waals surface area (Å²) in [5, 5.41) is 3.78. The van der Waals surface area contributed by atoms with Crippen molar-refractivity contribution in [2.24, 2.45) is 11.1 Å². The van der Waals surface area contributed by atoms with E-state index in [1.165, 1.54) is 12.8 Å². The molecule has 0 aromatic heterocycles. The van der Waals surface area contributed by atoms with Crippen LogP contribution in [0.25, 0.3) is 0 Å². The topological polar surface area (TPSA) is 55.1 Å². The van der Waals surface area contributed by atoms with E-state index in [1.807, 2.05) is 11.8 Å². The molecule has 2 aliphatic rings. The summed E-state index contributed by atoms with van der Waals surface area (Å²) in [7, 11) is 0. The second-order valence-corrected chi connectivity index (χ2v) is 7.26. The average Bonchev–Trinajstić information content (AvgIpc) is 2.64. The number of thioether (sulfide) groups is 1. The highest BCUT2D eigenvalue weighted by atomic mass is 32.2. The standard InChI is InChI=1S/C13H22N2OS2/c1-2-18-10-6-3-5-9(10)15-12(16)13(11(14)17)7-4-8-13/h9-10H,2-8H2,1H3,(H2,14,17)(H,15,16). The molecule has 2 rings (SSSR count). The summed E-state index contributed by atoms with van der Waals surface area (Å²) in [5.74, 6) is 1.19. The molecule has 102 valence electrons. The van der Waals surface area contributed by atoms with Crippen LogP contribution in [0.3, 0.4) is 0 Å². The van der Waals surface area contributed by atoms with Gasteiger partial charge in [0.15, 0.2) is 0 Å². The quantitative estimate of drug-likeness (QED) is 0.761. The Morgan fingerprint density at radius 1 is 1.44 bits per heavy atom. The fraction of sp³-hybridized carbons (Fsp3) is 0.846. The predicted octanol–water partition coefficient (Wildman–Crippen LogP) is 2.23. The molecular formula is C13H22N2OS2. The zero-order chi connectivity index (χ0) is 13.2. The Bertz CT molecular complexity index is 342. The minimum atomic E-state index is -0.528. The lowest BCUT2D eigenvalue weighted by molar-refractivity contribution is -0.131. The maximum Gasteiger partial charge on any atom is 0.233 e. The number of nitrogens with two attached hydrogens (primary N) is 1. The minimum absolute atomic E-state index is 0.0786. The van der Waals surface area contributed by atoms with Crippen LogP contribution in [0.2, 0.25) is 0 Å². The van der Waals surface area contributed by atoms with E-state index in [4.69, 9.17) is 18.0 Å². The zero-order valence-electron chi connectivity index (χ0n) is 10.9. The van der Waals surface area contributed by atoms with E-state index in [1.54, 1.807) is 0 Å². The van der Waals surface area contributed by atoms with E-state index >= 15 is 0 Å². The van der Waals surface area contributed by atoms with Gasteiger partial charge in [-0.25, -0.2) is 0 Å². The summed E-state index contributed by atoms with van der Waals surface area (Å²) in [5.41, 5.74) is 5.24. The van der Waals surface area contributed by atoms with Crippen molar-refractivity contribution in [2.75, 3.05) is 5.75 Å². The lowest BCUT2D eigenvalue weighted by Gasteiger charge is -2.40. The molecule has 0 aliphatic heterocycles. The Kier molecular flexibility index (Phi) is 4.54. The molecule has 2 aliphatic carbocycles. The predicted molar refractivity (Wildman–Crippen MR) is 80.8 cm³/mol. The first-order valence-corrected chi connectivity index (χ1v) is 8.28. The van der Waals surface area contributed by atoms with Crippen molar-refractivity contribution in [1.29, 1.82) is 0 Å². The highest BCUT2D eigenvalue weighted by Crippen LogP contribution is 2.42. The normalized spacial score (nSPS) is 29.6. The lowest BCUT2D eigenvalue weighted by atomic mass is 9.68. The average molecular weight is 286 g/mol. The first-order valence-electron chi connectivity index (χ1n) is 6.82. The maximum atomic E-state index is 12.4. The smallest absolute Gasteiger partial charge is 0.233 e. The minimum Gasteiger partial charge on any atom is -0.392 e. The van der Waals surface area contributed by atoms with Gasteiger partial charge < -0.3 is 11.1 Å². The van der Waals surface area contributed by atoms with E-state index in [0.717, 1.165) is 31.4 Å². The van der Waals surface area contributed by atoms with E-state index in [2.05, 4.69) is 12.2 Å². The molecule has 2 atom stereocenters. The maximum absolute atomic E-state index is 12.4. The summed E-state index contributed by atoms with van der Waals surface area (Å²) in [6, 6.07) is 0.314. The van der Waals surface area contributed by atoms with Gasteiger partial charge in [-0.15, -0.1) is 0 Å². The number of hydrogen-bond acceptors (Lipinski definition) is 3. The molecule has 0 heterocycles. The number of carbonyl (C=O) groups excluding carboxylic acids is 1. The molecule has 18 heavy (non-hydrogen) atoms. The Labute approximate surface area is 119 Å². The lowest BCUT2D eigenvalue weighted by Crippen LogP contribution is -2.56. The van der Waals surface area contributed by atoms with Gasteiger partial charge in [-0.2, -0.15) is 11.8 Å². The number of rotatable bonds is 5. The molecule has 0 radical (unpaired) electrons. The van der Waals surface area contributed by atoms with E-state index in [-0.39, 0.29) is 5.91 Å². The van der Waals surface area contributed by atoms with Crippen LogP contribution in [0.5, 0.6) is 0 Å². The third-order valence-electron chi connectivity index (χ3n) is 4.26. The molecule has 1 amide bonds. The van der Waals surface area contributed by atoms with Crippen molar-refractivity contribution in [3.63, 3.8) is 0 Å². The molecule has 2 saturated carbocycles. The van der Waals surface area contributed by atoms with Crippen LogP contribution in [0.15, 0.2) is 0 Å². The zero-order valence-corrected chi connectivity index (χ0v) is 12.5. The third kappa shape index (κ3) is 2.52. The summed E-state index contributed by atoms with van der Waals surface area (Å²) in [6.45, 7) is 2.17. The Morgan fingerprint density at radius 3 is 2.67 bits per heavy atom. The molecule has 5 heteroatoms. The molecule has 2 unspecified atom stereocenters. The van der Waals surface area contributed by atoms with Crippen molar-refractivity contribution in [3.05, 3.63) is 0 Å². The summed E-state index contributed by atoms with van der Waals surface area (Å²) in [4.78, 5) is 12.8. The molecule has 3 N–H and O–H groups in total. The van der Waals surface area contributed by atoms with Gasteiger partial charge in [0.25, 0.3) is 0 Å². The van der Waals surface area contributed by atoms with Crippen LogP contribution in [0.4, 0.5) is 0 Å². The number of hydrogen-bond donors (Lipinski definition) is 2. The molecule has 0 saturated heterocycles. The molecular weight excluding hydrogens is 264 g/mol. The summed E-state index contributed by atoms with van der Waals surface area (Å²) in [6.07, 6.45) is 6.23. The number of carbonyl (C=O) groups is 1. The van der Waals surface area contributed by atoms with Gasteiger partial charge in [-0.3, -0.25) is 4.79 Å². The van der Waals surface area contributed by atoms with E-state index < -0.39 is 5.41 Å². The van der Waals surface area contributed by atoms with Crippen molar-refractivity contribution >= 4 is 34.9 Å². The van der Waals surface area contributed by atoms with E-state index in [0.29, 0.717) is 16.3 Å². The van der Waals surface area contributed by atoms with Gasteiger partial charge in [0.2, 0.25) is 5.91 Å². The van der Waals surface area contributed by atoms with Gasteiger partial charge in [-0.05, 0) is 31.4 Å². The largest absolute Gasteiger partial charge is 0.392 e. The first kappa shape index (κ1) is 14.1. The van der Waals surface area contributed by atoms with Crippen LogP contribution in [0, 0.1) is 5.41 Å². The molecule has 0 aromatic carbocycles. The van der Waals surface area contributed by atoms with Gasteiger partial charge in [0.05, 0.1) is 10.4 Å². The fourth-order valence-electron chi connectivity index (χ4n) is 2.93. The molecule has 0 aromatic rings. The van der Waals surface area contributed by atoms with Crippen LogP contribution in [0.1, 0.15) is 45.4 Å². The second-order valence-electron chi connectivity index (χ2n) is 5.30. The second kappa shape index (κ2) is 5.78.